The van der Waals surface area contributed by atoms with E-state index in [1.165, 1.54) is 12.1 Å². The fraction of sp³-hybridized carbons (Fsp3) is 0.0769. The van der Waals surface area contributed by atoms with Gasteiger partial charge in [-0.15, -0.1) is 0 Å². The van der Waals surface area contributed by atoms with E-state index in [0.29, 0.717) is 12.1 Å². The topological polar surface area (TPSA) is 43.1 Å². The van der Waals surface area contributed by atoms with Gasteiger partial charge in [-0.05, 0) is 18.2 Å². The first-order valence-electron chi connectivity index (χ1n) is 5.62. The first-order valence-corrected chi connectivity index (χ1v) is 6.76. The Bertz CT molecular complexity index is 763. The molecule has 3 nitrogen and oxygen atoms in total. The van der Waals surface area contributed by atoms with Crippen molar-refractivity contribution in [2.24, 2.45) is 0 Å². The Kier molecular flexibility index (Phi) is 4.56. The number of rotatable bonds is 2. The fourth-order valence-electron chi connectivity index (χ4n) is 1.82. The van der Waals surface area contributed by atoms with Gasteiger partial charge in [-0.1, -0.05) is 40.9 Å². The van der Waals surface area contributed by atoms with Crippen LogP contribution in [0.1, 0.15) is 5.56 Å². The van der Waals surface area contributed by atoms with Crippen molar-refractivity contribution in [2.75, 3.05) is 0 Å². The van der Waals surface area contributed by atoms with Gasteiger partial charge in [0.1, 0.15) is 0 Å². The quantitative estimate of drug-likeness (QED) is 0.357. The van der Waals surface area contributed by atoms with Crippen LogP contribution in [0.15, 0.2) is 30.3 Å². The molecule has 0 N–H and O–H groups in total. The normalized spacial score (nSPS) is 11.5. The number of nitrogens with zero attached hydrogens (tertiary/aromatic N) is 1. The lowest BCUT2D eigenvalue weighted by Gasteiger charge is -2.11. The summed E-state index contributed by atoms with van der Waals surface area (Å²) in [5, 5.41) is 10.9. The van der Waals surface area contributed by atoms with Crippen LogP contribution in [0.25, 0.3) is 11.1 Å². The second-order valence-corrected chi connectivity index (χ2v) is 5.37. The van der Waals surface area contributed by atoms with E-state index in [2.05, 4.69) is 0 Å². The number of halogens is 6. The lowest BCUT2D eigenvalue weighted by molar-refractivity contribution is -0.384. The van der Waals surface area contributed by atoms with Crippen molar-refractivity contribution < 1.29 is 18.1 Å². The summed E-state index contributed by atoms with van der Waals surface area (Å²) in [7, 11) is 0. The minimum Gasteiger partial charge on any atom is -0.258 e. The Morgan fingerprint density at radius 3 is 2.14 bits per heavy atom. The lowest BCUT2D eigenvalue weighted by Crippen LogP contribution is -2.06. The average Bonchev–Trinajstić information content (AvgIpc) is 2.43. The van der Waals surface area contributed by atoms with Crippen LogP contribution in [0.4, 0.5) is 18.9 Å². The number of hydrogen-bond donors (Lipinski definition) is 0. The highest BCUT2D eigenvalue weighted by molar-refractivity contribution is 6.49. The highest BCUT2D eigenvalue weighted by atomic mass is 35.5. The molecule has 0 saturated carbocycles. The maximum atomic E-state index is 12.8. The zero-order valence-corrected chi connectivity index (χ0v) is 12.7. The summed E-state index contributed by atoms with van der Waals surface area (Å²) in [6.07, 6.45) is -4.65. The first kappa shape index (κ1) is 16.9. The van der Waals surface area contributed by atoms with Gasteiger partial charge < -0.3 is 0 Å². The molecule has 22 heavy (non-hydrogen) atoms. The predicted octanol–water partition coefficient (Wildman–Crippen LogP) is 6.24. The van der Waals surface area contributed by atoms with E-state index in [0.717, 1.165) is 6.07 Å². The van der Waals surface area contributed by atoms with Crippen molar-refractivity contribution in [1.82, 2.24) is 0 Å². The van der Waals surface area contributed by atoms with Gasteiger partial charge >= 0.3 is 6.18 Å². The van der Waals surface area contributed by atoms with Gasteiger partial charge in [0.05, 0.1) is 31.1 Å². The number of nitro groups is 1. The zero-order valence-electron chi connectivity index (χ0n) is 10.4. The Balaban J connectivity index is 2.77. The minimum atomic E-state index is -4.65. The van der Waals surface area contributed by atoms with E-state index in [-0.39, 0.29) is 26.2 Å². The van der Waals surface area contributed by atoms with Crippen LogP contribution in [-0.4, -0.2) is 4.92 Å². The molecule has 0 aliphatic heterocycles. The molecule has 0 spiro atoms. The molecular weight excluding hydrogens is 366 g/mol. The van der Waals surface area contributed by atoms with Crippen molar-refractivity contribution in [3.05, 3.63) is 61.1 Å². The highest BCUT2D eigenvalue weighted by Crippen LogP contribution is 2.43. The summed E-state index contributed by atoms with van der Waals surface area (Å²) in [6, 6.07) is 4.64. The van der Waals surface area contributed by atoms with E-state index < -0.39 is 22.4 Å². The molecule has 2 aromatic carbocycles. The van der Waals surface area contributed by atoms with Gasteiger partial charge in [0.2, 0.25) is 0 Å². The number of nitro benzene ring substituents is 1. The molecule has 0 aliphatic carbocycles. The summed E-state index contributed by atoms with van der Waals surface area (Å²) < 4.78 is 38.4. The summed E-state index contributed by atoms with van der Waals surface area (Å²) in [5.74, 6) is 0. The summed E-state index contributed by atoms with van der Waals surface area (Å²) in [5.41, 5.74) is -1.85. The molecule has 116 valence electrons. The predicted molar refractivity (Wildman–Crippen MR) is 78.6 cm³/mol. The zero-order chi connectivity index (χ0) is 16.7. The smallest absolute Gasteiger partial charge is 0.258 e. The van der Waals surface area contributed by atoms with Crippen molar-refractivity contribution in [3.8, 4) is 11.1 Å². The number of benzene rings is 2. The van der Waals surface area contributed by atoms with Crippen LogP contribution in [0, 0.1) is 10.1 Å². The first-order chi connectivity index (χ1) is 10.1. The van der Waals surface area contributed by atoms with E-state index in [4.69, 9.17) is 34.8 Å². The Hall–Kier alpha value is -1.50. The van der Waals surface area contributed by atoms with Crippen molar-refractivity contribution in [3.63, 3.8) is 0 Å². The maximum Gasteiger partial charge on any atom is 0.416 e. The summed E-state index contributed by atoms with van der Waals surface area (Å²) >= 11 is 17.5. The number of hydrogen-bond acceptors (Lipinski definition) is 2. The molecule has 0 saturated heterocycles. The summed E-state index contributed by atoms with van der Waals surface area (Å²) in [4.78, 5) is 10.2. The molecule has 0 bridgehead atoms. The SMILES string of the molecule is O=[N+]([O-])c1ccc(C(F)(F)F)cc1-c1ccc(Cl)c(Cl)c1Cl. The monoisotopic (exact) mass is 369 g/mol. The molecule has 0 aliphatic rings. The van der Waals surface area contributed by atoms with Crippen molar-refractivity contribution >= 4 is 40.5 Å². The molecule has 9 heteroatoms. The molecule has 0 unspecified atom stereocenters. The van der Waals surface area contributed by atoms with E-state index in [9.17, 15) is 23.3 Å². The van der Waals surface area contributed by atoms with Crippen LogP contribution in [0.3, 0.4) is 0 Å². The van der Waals surface area contributed by atoms with E-state index in [1.807, 2.05) is 0 Å². The van der Waals surface area contributed by atoms with Crippen LogP contribution >= 0.6 is 34.8 Å². The van der Waals surface area contributed by atoms with Gasteiger partial charge in [-0.2, -0.15) is 13.2 Å². The Morgan fingerprint density at radius 2 is 1.59 bits per heavy atom. The molecular formula is C13H5Cl3F3NO2. The van der Waals surface area contributed by atoms with E-state index in [1.54, 1.807) is 0 Å². The van der Waals surface area contributed by atoms with Gasteiger partial charge in [0.15, 0.2) is 0 Å². The molecule has 0 aromatic heterocycles. The average molecular weight is 371 g/mol. The Labute approximate surface area is 137 Å². The van der Waals surface area contributed by atoms with Crippen LogP contribution in [-0.2, 0) is 6.18 Å². The molecule has 0 fully saturated rings. The third-order valence-electron chi connectivity index (χ3n) is 2.85. The molecule has 0 radical (unpaired) electrons. The van der Waals surface area contributed by atoms with Crippen LogP contribution in [0.2, 0.25) is 15.1 Å². The van der Waals surface area contributed by atoms with Gasteiger partial charge in [-0.25, -0.2) is 0 Å². The molecule has 2 rings (SSSR count). The molecule has 0 heterocycles. The van der Waals surface area contributed by atoms with Crippen LogP contribution in [0.5, 0.6) is 0 Å². The van der Waals surface area contributed by atoms with Crippen molar-refractivity contribution in [2.45, 2.75) is 6.18 Å². The van der Waals surface area contributed by atoms with Crippen LogP contribution < -0.4 is 0 Å². The lowest BCUT2D eigenvalue weighted by atomic mass is 10.0. The van der Waals surface area contributed by atoms with Crippen molar-refractivity contribution in [1.29, 1.82) is 0 Å². The standard InChI is InChI=1S/C13H5Cl3F3NO2/c14-9-3-2-7(11(15)12(9)16)8-5-6(13(17,18)19)1-4-10(8)20(21)22/h1-5H. The van der Waals surface area contributed by atoms with Gasteiger partial charge in [0, 0.05) is 11.6 Å². The Morgan fingerprint density at radius 1 is 0.955 bits per heavy atom. The number of alkyl halides is 3. The largest absolute Gasteiger partial charge is 0.416 e. The second kappa shape index (κ2) is 5.95. The van der Waals surface area contributed by atoms with Gasteiger partial charge in [-0.3, -0.25) is 10.1 Å². The van der Waals surface area contributed by atoms with Gasteiger partial charge in [0.25, 0.3) is 5.69 Å². The fourth-order valence-corrected chi connectivity index (χ4v) is 2.46. The summed E-state index contributed by atoms with van der Waals surface area (Å²) in [6.45, 7) is 0. The minimum absolute atomic E-state index is 0.00568. The maximum absolute atomic E-state index is 12.8. The molecule has 0 amide bonds. The third kappa shape index (κ3) is 3.14. The highest BCUT2D eigenvalue weighted by Gasteiger charge is 2.33. The molecule has 0 atom stereocenters. The molecule has 2 aromatic rings. The second-order valence-electron chi connectivity index (χ2n) is 4.21. The third-order valence-corrected chi connectivity index (χ3v) is 4.14. The van der Waals surface area contributed by atoms with E-state index >= 15 is 0 Å².